The second-order valence-electron chi connectivity index (χ2n) is 5.76. The smallest absolute Gasteiger partial charge is 0.238 e. The minimum absolute atomic E-state index is 0.0327. The van der Waals surface area contributed by atoms with Gasteiger partial charge in [0.15, 0.2) is 0 Å². The van der Waals surface area contributed by atoms with Gasteiger partial charge in [0.05, 0.1) is 26.7 Å². The van der Waals surface area contributed by atoms with E-state index in [1.54, 1.807) is 32.4 Å². The van der Waals surface area contributed by atoms with Crippen molar-refractivity contribution >= 4 is 17.5 Å². The zero-order valence-corrected chi connectivity index (χ0v) is 14.4. The minimum atomic E-state index is -0.123. The van der Waals surface area contributed by atoms with Crippen molar-refractivity contribution in [1.82, 2.24) is 10.2 Å². The molecule has 0 bridgehead atoms. The molecule has 1 heterocycles. The largest absolute Gasteiger partial charge is 0.497 e. The number of methoxy groups -OCH3 is 2. The van der Waals surface area contributed by atoms with Crippen molar-refractivity contribution in [2.75, 3.05) is 45.7 Å². The van der Waals surface area contributed by atoms with Gasteiger partial charge in [0, 0.05) is 37.0 Å². The Morgan fingerprint density at radius 1 is 1.21 bits per heavy atom. The maximum Gasteiger partial charge on any atom is 0.238 e. The fourth-order valence-corrected chi connectivity index (χ4v) is 2.79. The van der Waals surface area contributed by atoms with E-state index in [-0.39, 0.29) is 24.3 Å². The third kappa shape index (κ3) is 4.86. The van der Waals surface area contributed by atoms with Crippen LogP contribution in [0.1, 0.15) is 13.3 Å². The molecule has 1 atom stereocenters. The van der Waals surface area contributed by atoms with Crippen LogP contribution in [0.4, 0.5) is 5.69 Å². The summed E-state index contributed by atoms with van der Waals surface area (Å²) in [7, 11) is 3.12. The number of hydrogen-bond acceptors (Lipinski definition) is 5. The van der Waals surface area contributed by atoms with E-state index in [1.165, 1.54) is 0 Å². The fraction of sp³-hybridized carbons (Fsp3) is 0.529. The van der Waals surface area contributed by atoms with E-state index in [0.29, 0.717) is 30.3 Å². The molecule has 7 heteroatoms. The van der Waals surface area contributed by atoms with E-state index < -0.39 is 0 Å². The van der Waals surface area contributed by atoms with Gasteiger partial charge in [0.1, 0.15) is 11.5 Å². The van der Waals surface area contributed by atoms with Gasteiger partial charge in [-0.3, -0.25) is 14.5 Å². The maximum atomic E-state index is 12.2. The molecule has 0 spiro atoms. The van der Waals surface area contributed by atoms with Crippen molar-refractivity contribution in [2.24, 2.45) is 5.92 Å². The Balaban J connectivity index is 1.89. The van der Waals surface area contributed by atoms with Crippen molar-refractivity contribution in [3.63, 3.8) is 0 Å². The van der Waals surface area contributed by atoms with E-state index in [1.807, 2.05) is 11.8 Å². The maximum absolute atomic E-state index is 12.2. The SMILES string of the molecule is CCNC(=O)[C@@H]1CCN(CC(=O)Nc2cc(OC)cc(OC)c2)C1. The highest BCUT2D eigenvalue weighted by molar-refractivity contribution is 5.92. The summed E-state index contributed by atoms with van der Waals surface area (Å²) >= 11 is 0. The molecule has 1 saturated heterocycles. The van der Waals surface area contributed by atoms with E-state index in [4.69, 9.17) is 9.47 Å². The van der Waals surface area contributed by atoms with Crippen molar-refractivity contribution in [3.05, 3.63) is 18.2 Å². The number of nitrogens with one attached hydrogen (secondary N) is 2. The topological polar surface area (TPSA) is 79.9 Å². The standard InChI is InChI=1S/C17H25N3O4/c1-4-18-17(22)12-5-6-20(10-12)11-16(21)19-13-7-14(23-2)9-15(8-13)24-3/h7-9,12H,4-6,10-11H2,1-3H3,(H,18,22)(H,19,21)/t12-/m1/s1. The number of anilines is 1. The zero-order valence-electron chi connectivity index (χ0n) is 14.4. The number of carbonyl (C=O) groups excluding carboxylic acids is 2. The number of ether oxygens (including phenoxy) is 2. The van der Waals surface area contributed by atoms with E-state index in [9.17, 15) is 9.59 Å². The molecule has 0 aliphatic carbocycles. The van der Waals surface area contributed by atoms with Crippen molar-refractivity contribution in [1.29, 1.82) is 0 Å². The van der Waals surface area contributed by atoms with Crippen LogP contribution in [0.2, 0.25) is 0 Å². The first-order valence-corrected chi connectivity index (χ1v) is 8.08. The molecule has 2 N–H and O–H groups in total. The summed E-state index contributed by atoms with van der Waals surface area (Å²) < 4.78 is 10.4. The Morgan fingerprint density at radius 3 is 2.46 bits per heavy atom. The van der Waals surface area contributed by atoms with Crippen molar-refractivity contribution < 1.29 is 19.1 Å². The third-order valence-electron chi connectivity index (χ3n) is 4.00. The monoisotopic (exact) mass is 335 g/mol. The van der Waals surface area contributed by atoms with E-state index in [0.717, 1.165) is 13.0 Å². The lowest BCUT2D eigenvalue weighted by Gasteiger charge is -2.16. The highest BCUT2D eigenvalue weighted by Gasteiger charge is 2.28. The summed E-state index contributed by atoms with van der Waals surface area (Å²) in [6.07, 6.45) is 0.784. The predicted molar refractivity (Wildman–Crippen MR) is 91.4 cm³/mol. The number of benzene rings is 1. The van der Waals surface area contributed by atoms with Gasteiger partial charge in [-0.25, -0.2) is 0 Å². The normalized spacial score (nSPS) is 17.4. The Labute approximate surface area is 142 Å². The second kappa shape index (κ2) is 8.54. The Bertz CT molecular complexity index is 569. The lowest BCUT2D eigenvalue weighted by Crippen LogP contribution is -2.35. The summed E-state index contributed by atoms with van der Waals surface area (Å²) in [5.41, 5.74) is 0.621. The first kappa shape index (κ1) is 18.1. The fourth-order valence-electron chi connectivity index (χ4n) is 2.79. The van der Waals surface area contributed by atoms with Gasteiger partial charge in [-0.2, -0.15) is 0 Å². The molecule has 1 aliphatic heterocycles. The van der Waals surface area contributed by atoms with E-state index in [2.05, 4.69) is 10.6 Å². The van der Waals surface area contributed by atoms with Crippen LogP contribution >= 0.6 is 0 Å². The number of rotatable bonds is 7. The van der Waals surface area contributed by atoms with Crippen LogP contribution in [0.15, 0.2) is 18.2 Å². The van der Waals surface area contributed by atoms with Gasteiger partial charge >= 0.3 is 0 Å². The molecule has 7 nitrogen and oxygen atoms in total. The predicted octanol–water partition coefficient (Wildman–Crippen LogP) is 1.10. The van der Waals surface area contributed by atoms with Crippen molar-refractivity contribution in [2.45, 2.75) is 13.3 Å². The molecule has 1 aromatic carbocycles. The zero-order chi connectivity index (χ0) is 17.5. The lowest BCUT2D eigenvalue weighted by atomic mass is 10.1. The van der Waals surface area contributed by atoms with Crippen LogP contribution in [-0.2, 0) is 9.59 Å². The molecule has 0 saturated carbocycles. The van der Waals surface area contributed by atoms with Gasteiger partial charge in [0.2, 0.25) is 11.8 Å². The number of carbonyl (C=O) groups is 2. The molecule has 24 heavy (non-hydrogen) atoms. The molecule has 0 radical (unpaired) electrons. The Kier molecular flexibility index (Phi) is 6.43. The van der Waals surface area contributed by atoms with Crippen LogP contribution < -0.4 is 20.1 Å². The van der Waals surface area contributed by atoms with Gasteiger partial charge in [-0.05, 0) is 19.9 Å². The molecular weight excluding hydrogens is 310 g/mol. The summed E-state index contributed by atoms with van der Waals surface area (Å²) in [4.78, 5) is 26.1. The highest BCUT2D eigenvalue weighted by Crippen LogP contribution is 2.25. The molecule has 1 aliphatic rings. The van der Waals surface area contributed by atoms with Gasteiger partial charge < -0.3 is 20.1 Å². The molecule has 0 aromatic heterocycles. The Morgan fingerprint density at radius 2 is 1.88 bits per heavy atom. The van der Waals surface area contributed by atoms with Crippen LogP contribution in [0, 0.1) is 5.92 Å². The van der Waals surface area contributed by atoms with Gasteiger partial charge in [-0.15, -0.1) is 0 Å². The third-order valence-corrected chi connectivity index (χ3v) is 4.00. The average molecular weight is 335 g/mol. The van der Waals surface area contributed by atoms with Crippen LogP contribution in [0.3, 0.4) is 0 Å². The van der Waals surface area contributed by atoms with E-state index >= 15 is 0 Å². The highest BCUT2D eigenvalue weighted by atomic mass is 16.5. The summed E-state index contributed by atoms with van der Waals surface area (Å²) in [5.74, 6) is 1.14. The Hall–Kier alpha value is -2.28. The molecule has 2 amide bonds. The molecule has 1 fully saturated rings. The molecule has 2 rings (SSSR count). The summed E-state index contributed by atoms with van der Waals surface area (Å²) in [6, 6.07) is 5.22. The first-order valence-electron chi connectivity index (χ1n) is 8.08. The molecule has 132 valence electrons. The van der Waals surface area contributed by atoms with Crippen LogP contribution in [0.25, 0.3) is 0 Å². The van der Waals surface area contributed by atoms with Crippen molar-refractivity contribution in [3.8, 4) is 11.5 Å². The van der Waals surface area contributed by atoms with Gasteiger partial charge in [0.25, 0.3) is 0 Å². The molecule has 1 aromatic rings. The van der Waals surface area contributed by atoms with Gasteiger partial charge in [-0.1, -0.05) is 0 Å². The molecular formula is C17H25N3O4. The number of nitrogens with zero attached hydrogens (tertiary/aromatic N) is 1. The minimum Gasteiger partial charge on any atom is -0.497 e. The summed E-state index contributed by atoms with van der Waals surface area (Å²) in [6.45, 7) is 4.15. The first-order chi connectivity index (χ1) is 11.5. The lowest BCUT2D eigenvalue weighted by molar-refractivity contribution is -0.125. The number of likely N-dealkylation sites (tertiary alicyclic amines) is 1. The quantitative estimate of drug-likeness (QED) is 0.780. The number of hydrogen-bond donors (Lipinski definition) is 2. The van der Waals surface area contributed by atoms with Crippen LogP contribution in [-0.4, -0.2) is 57.1 Å². The summed E-state index contributed by atoms with van der Waals surface area (Å²) in [5, 5.41) is 5.68. The van der Waals surface area contributed by atoms with Crippen LogP contribution in [0.5, 0.6) is 11.5 Å². The molecule has 0 unspecified atom stereocenters. The average Bonchev–Trinajstić information content (AvgIpc) is 3.03. The second-order valence-corrected chi connectivity index (χ2v) is 5.76. The number of amides is 2.